The van der Waals surface area contributed by atoms with Crippen LogP contribution in [0, 0.1) is 5.92 Å². The van der Waals surface area contributed by atoms with Crippen LogP contribution in [0.25, 0.3) is 0 Å². The Hall–Kier alpha value is -0.570. The van der Waals surface area contributed by atoms with E-state index in [0.717, 1.165) is 37.2 Å². The van der Waals surface area contributed by atoms with Gasteiger partial charge in [-0.15, -0.1) is 0 Å². The minimum atomic E-state index is 0.505. The van der Waals surface area contributed by atoms with Crippen molar-refractivity contribution in [1.82, 2.24) is 5.32 Å². The summed E-state index contributed by atoms with van der Waals surface area (Å²) in [5.74, 6) is 0.505. The van der Waals surface area contributed by atoms with E-state index in [4.69, 9.17) is 16.3 Å². The molecule has 1 fully saturated rings. The molecule has 0 radical (unpaired) electrons. The minimum Gasteiger partial charge on any atom is -0.381 e. The van der Waals surface area contributed by atoms with Gasteiger partial charge in [0.25, 0.3) is 0 Å². The molecule has 0 bridgehead atoms. The highest BCUT2D eigenvalue weighted by molar-refractivity contribution is 6.31. The molecule has 1 atom stereocenters. The highest BCUT2D eigenvalue weighted by atomic mass is 35.5. The van der Waals surface area contributed by atoms with Gasteiger partial charge in [0.2, 0.25) is 0 Å². The average molecular weight is 268 g/mol. The van der Waals surface area contributed by atoms with E-state index < -0.39 is 0 Å². The fraction of sp³-hybridized carbons (Fsp3) is 0.600. The summed E-state index contributed by atoms with van der Waals surface area (Å²) in [6.07, 6.45) is 3.64. The first kappa shape index (κ1) is 13.9. The lowest BCUT2D eigenvalue weighted by Gasteiger charge is -2.18. The first-order valence-corrected chi connectivity index (χ1v) is 7.22. The number of ether oxygens (including phenoxy) is 1. The van der Waals surface area contributed by atoms with E-state index >= 15 is 0 Å². The van der Waals surface area contributed by atoms with Crippen molar-refractivity contribution < 1.29 is 4.74 Å². The van der Waals surface area contributed by atoms with E-state index in [1.165, 1.54) is 18.4 Å². The van der Waals surface area contributed by atoms with Gasteiger partial charge in [-0.3, -0.25) is 0 Å². The predicted octanol–water partition coefficient (Wildman–Crippen LogP) is 3.29. The molecule has 0 saturated heterocycles. The van der Waals surface area contributed by atoms with Crippen LogP contribution in [0.3, 0.4) is 0 Å². The van der Waals surface area contributed by atoms with Crippen LogP contribution in [0.5, 0.6) is 0 Å². The number of benzene rings is 1. The highest BCUT2D eigenvalue weighted by Gasteiger charge is 2.22. The summed E-state index contributed by atoms with van der Waals surface area (Å²) in [7, 11) is 0. The molecular formula is C15H22ClNO. The molecule has 1 aliphatic rings. The second kappa shape index (κ2) is 7.13. The Kier molecular flexibility index (Phi) is 5.48. The van der Waals surface area contributed by atoms with Crippen molar-refractivity contribution in [1.29, 1.82) is 0 Å². The zero-order chi connectivity index (χ0) is 12.8. The van der Waals surface area contributed by atoms with E-state index in [1.54, 1.807) is 0 Å². The monoisotopic (exact) mass is 267 g/mol. The maximum absolute atomic E-state index is 6.22. The van der Waals surface area contributed by atoms with Crippen LogP contribution in [0.1, 0.15) is 25.3 Å². The third-order valence-corrected chi connectivity index (χ3v) is 3.67. The largest absolute Gasteiger partial charge is 0.381 e. The summed E-state index contributed by atoms with van der Waals surface area (Å²) in [5, 5.41) is 4.45. The normalized spacial score (nSPS) is 16.8. The molecular weight excluding hydrogens is 246 g/mol. The molecule has 1 aromatic rings. The molecule has 100 valence electrons. The maximum Gasteiger partial charge on any atom is 0.0509 e. The van der Waals surface area contributed by atoms with E-state index in [2.05, 4.69) is 11.4 Å². The molecule has 0 heterocycles. The lowest BCUT2D eigenvalue weighted by Crippen LogP contribution is -2.29. The van der Waals surface area contributed by atoms with Gasteiger partial charge < -0.3 is 10.1 Å². The van der Waals surface area contributed by atoms with Gasteiger partial charge in [-0.1, -0.05) is 29.8 Å². The van der Waals surface area contributed by atoms with Crippen LogP contribution in [-0.2, 0) is 11.2 Å². The Balaban J connectivity index is 1.87. The number of halogens is 1. The van der Waals surface area contributed by atoms with Crippen molar-refractivity contribution in [2.24, 2.45) is 5.92 Å². The summed E-state index contributed by atoms with van der Waals surface area (Å²) in [5.41, 5.74) is 1.22. The van der Waals surface area contributed by atoms with Gasteiger partial charge in [0.15, 0.2) is 0 Å². The fourth-order valence-electron chi connectivity index (χ4n) is 2.07. The van der Waals surface area contributed by atoms with Crippen LogP contribution < -0.4 is 5.32 Å². The zero-order valence-electron chi connectivity index (χ0n) is 11.0. The van der Waals surface area contributed by atoms with Crippen LogP contribution in [-0.4, -0.2) is 25.8 Å². The van der Waals surface area contributed by atoms with Crippen molar-refractivity contribution in [2.75, 3.05) is 19.8 Å². The Labute approximate surface area is 115 Å². The summed E-state index contributed by atoms with van der Waals surface area (Å²) >= 11 is 6.22. The van der Waals surface area contributed by atoms with Crippen LogP contribution in [0.2, 0.25) is 5.02 Å². The molecule has 0 amide bonds. The van der Waals surface area contributed by atoms with Crippen molar-refractivity contribution >= 4 is 11.6 Å². The summed E-state index contributed by atoms with van der Waals surface area (Å²) in [6.45, 7) is 4.65. The van der Waals surface area contributed by atoms with Gasteiger partial charge in [0.05, 0.1) is 6.61 Å². The summed E-state index contributed by atoms with van der Waals surface area (Å²) in [4.78, 5) is 0. The van der Waals surface area contributed by atoms with Gasteiger partial charge in [-0.05, 0) is 43.7 Å². The average Bonchev–Trinajstić information content (AvgIpc) is 3.19. The quantitative estimate of drug-likeness (QED) is 0.780. The molecule has 3 heteroatoms. The Bertz CT molecular complexity index is 365. The molecule has 0 aromatic heterocycles. The molecule has 0 aliphatic heterocycles. The molecule has 2 nitrogen and oxygen atoms in total. The Morgan fingerprint density at radius 1 is 1.39 bits per heavy atom. The third-order valence-electron chi connectivity index (χ3n) is 3.30. The lowest BCUT2D eigenvalue weighted by atomic mass is 10.00. The molecule has 2 rings (SSSR count). The summed E-state index contributed by atoms with van der Waals surface area (Å²) in [6, 6.07) is 8.85. The predicted molar refractivity (Wildman–Crippen MR) is 76.2 cm³/mol. The van der Waals surface area contributed by atoms with Crippen molar-refractivity contribution in [2.45, 2.75) is 32.2 Å². The van der Waals surface area contributed by atoms with Crippen molar-refractivity contribution in [3.63, 3.8) is 0 Å². The number of hydrogen-bond donors (Lipinski definition) is 1. The minimum absolute atomic E-state index is 0.505. The molecule has 1 N–H and O–H groups in total. The lowest BCUT2D eigenvalue weighted by molar-refractivity contribution is 0.109. The van der Waals surface area contributed by atoms with Gasteiger partial charge in [-0.2, -0.15) is 0 Å². The molecule has 1 saturated carbocycles. The van der Waals surface area contributed by atoms with E-state index in [0.29, 0.717) is 5.92 Å². The smallest absolute Gasteiger partial charge is 0.0509 e. The van der Waals surface area contributed by atoms with Crippen molar-refractivity contribution in [3.8, 4) is 0 Å². The van der Waals surface area contributed by atoms with Gasteiger partial charge in [0, 0.05) is 24.2 Å². The van der Waals surface area contributed by atoms with E-state index in [-0.39, 0.29) is 0 Å². The van der Waals surface area contributed by atoms with Crippen molar-refractivity contribution in [3.05, 3.63) is 34.9 Å². The van der Waals surface area contributed by atoms with Gasteiger partial charge in [0.1, 0.15) is 0 Å². The molecule has 1 aliphatic carbocycles. The maximum atomic E-state index is 6.22. The topological polar surface area (TPSA) is 21.3 Å². The van der Waals surface area contributed by atoms with E-state index in [1.807, 2.05) is 25.1 Å². The number of nitrogens with one attached hydrogen (secondary N) is 1. The first-order valence-electron chi connectivity index (χ1n) is 6.84. The van der Waals surface area contributed by atoms with Crippen LogP contribution in [0.4, 0.5) is 0 Å². The zero-order valence-corrected chi connectivity index (χ0v) is 11.7. The molecule has 1 unspecified atom stereocenters. The second-order valence-corrected chi connectivity index (χ2v) is 5.41. The first-order chi connectivity index (χ1) is 8.79. The van der Waals surface area contributed by atoms with Crippen LogP contribution >= 0.6 is 11.6 Å². The van der Waals surface area contributed by atoms with Gasteiger partial charge >= 0.3 is 0 Å². The molecule has 1 aromatic carbocycles. The Morgan fingerprint density at radius 3 is 2.83 bits per heavy atom. The summed E-state index contributed by atoms with van der Waals surface area (Å²) < 4.78 is 5.58. The molecule has 0 spiro atoms. The van der Waals surface area contributed by atoms with Crippen LogP contribution in [0.15, 0.2) is 24.3 Å². The highest BCUT2D eigenvalue weighted by Crippen LogP contribution is 2.21. The SMILES string of the molecule is CCOCC(CNC1CC1)Cc1ccccc1Cl. The number of rotatable bonds is 8. The van der Waals surface area contributed by atoms with Gasteiger partial charge in [-0.25, -0.2) is 0 Å². The standard InChI is InChI=1S/C15H22ClNO/c1-2-18-11-12(10-17-14-7-8-14)9-13-5-3-4-6-15(13)16/h3-6,12,14,17H,2,7-11H2,1H3. The third kappa shape index (κ3) is 4.60. The Morgan fingerprint density at radius 2 is 2.17 bits per heavy atom. The fourth-order valence-corrected chi connectivity index (χ4v) is 2.28. The molecule has 18 heavy (non-hydrogen) atoms. The second-order valence-electron chi connectivity index (χ2n) is 5.00. The van der Waals surface area contributed by atoms with E-state index in [9.17, 15) is 0 Å². The number of hydrogen-bond acceptors (Lipinski definition) is 2.